The molecular formula is C23H20FN3. The standard InChI is InChI=1S/C23H20FN3/c24-18-9-7-17(8-10-18)23-22-20(19-5-1-2-6-21(19)26-22)11-13-27(23)15-16-4-3-12-25-14-16/h1-10,12,14,23,26H,11,13,15H2. The molecule has 0 amide bonds. The lowest BCUT2D eigenvalue weighted by Crippen LogP contribution is -2.35. The first-order valence-electron chi connectivity index (χ1n) is 9.27. The van der Waals surface area contributed by atoms with Crippen LogP contribution in [0.3, 0.4) is 0 Å². The van der Waals surface area contributed by atoms with Crippen molar-refractivity contribution in [1.29, 1.82) is 0 Å². The first-order valence-corrected chi connectivity index (χ1v) is 9.27. The molecule has 1 unspecified atom stereocenters. The van der Waals surface area contributed by atoms with Crippen molar-refractivity contribution in [2.45, 2.75) is 19.0 Å². The summed E-state index contributed by atoms with van der Waals surface area (Å²) in [6, 6.07) is 19.5. The minimum absolute atomic E-state index is 0.0713. The average Bonchev–Trinajstić information content (AvgIpc) is 3.08. The highest BCUT2D eigenvalue weighted by Crippen LogP contribution is 2.39. The molecule has 3 nitrogen and oxygen atoms in total. The number of hydrogen-bond donors (Lipinski definition) is 1. The molecule has 0 radical (unpaired) electrons. The molecule has 1 aliphatic heterocycles. The molecule has 0 aliphatic carbocycles. The Morgan fingerprint density at radius 1 is 1.04 bits per heavy atom. The lowest BCUT2D eigenvalue weighted by atomic mass is 9.92. The molecule has 1 N–H and O–H groups in total. The van der Waals surface area contributed by atoms with Crippen molar-refractivity contribution in [3.8, 4) is 0 Å². The Morgan fingerprint density at radius 2 is 1.89 bits per heavy atom. The van der Waals surface area contributed by atoms with E-state index in [4.69, 9.17) is 0 Å². The number of H-pyrrole nitrogens is 1. The van der Waals surface area contributed by atoms with Crippen molar-refractivity contribution in [3.05, 3.63) is 101 Å². The normalized spacial score (nSPS) is 17.1. The third kappa shape index (κ3) is 2.92. The smallest absolute Gasteiger partial charge is 0.123 e. The summed E-state index contributed by atoms with van der Waals surface area (Å²) in [7, 11) is 0. The van der Waals surface area contributed by atoms with Crippen molar-refractivity contribution in [2.24, 2.45) is 0 Å². The Kier molecular flexibility index (Phi) is 3.98. The second-order valence-electron chi connectivity index (χ2n) is 7.10. The highest BCUT2D eigenvalue weighted by Gasteiger charge is 2.31. The molecule has 134 valence electrons. The van der Waals surface area contributed by atoms with Crippen molar-refractivity contribution in [3.63, 3.8) is 0 Å². The minimum atomic E-state index is -0.203. The molecule has 5 rings (SSSR count). The summed E-state index contributed by atoms with van der Waals surface area (Å²) in [4.78, 5) is 10.3. The lowest BCUT2D eigenvalue weighted by molar-refractivity contribution is 0.201. The van der Waals surface area contributed by atoms with Gasteiger partial charge in [0.05, 0.1) is 6.04 Å². The number of halogens is 1. The first-order chi connectivity index (χ1) is 13.3. The number of aromatic nitrogens is 2. The highest BCUT2D eigenvalue weighted by atomic mass is 19.1. The van der Waals surface area contributed by atoms with Gasteiger partial charge in [0, 0.05) is 42.1 Å². The Balaban J connectivity index is 1.62. The maximum atomic E-state index is 13.5. The molecule has 4 heteroatoms. The second kappa shape index (κ2) is 6.63. The number of fused-ring (bicyclic) bond motifs is 3. The van der Waals surface area contributed by atoms with Crippen LogP contribution in [0.5, 0.6) is 0 Å². The number of rotatable bonds is 3. The largest absolute Gasteiger partial charge is 0.357 e. The van der Waals surface area contributed by atoms with E-state index >= 15 is 0 Å². The van der Waals surface area contributed by atoms with E-state index in [-0.39, 0.29) is 11.9 Å². The maximum absolute atomic E-state index is 13.5. The van der Waals surface area contributed by atoms with Crippen LogP contribution in [-0.2, 0) is 13.0 Å². The summed E-state index contributed by atoms with van der Waals surface area (Å²) in [5, 5.41) is 1.29. The number of pyridine rings is 1. The van der Waals surface area contributed by atoms with Gasteiger partial charge in [-0.2, -0.15) is 0 Å². The number of nitrogens with zero attached hydrogens (tertiary/aromatic N) is 2. The average molecular weight is 357 g/mol. The third-order valence-corrected chi connectivity index (χ3v) is 5.43. The van der Waals surface area contributed by atoms with Crippen LogP contribution < -0.4 is 0 Å². The molecule has 0 saturated heterocycles. The lowest BCUT2D eigenvalue weighted by Gasteiger charge is -2.36. The van der Waals surface area contributed by atoms with Gasteiger partial charge in [-0.15, -0.1) is 0 Å². The molecule has 3 heterocycles. The van der Waals surface area contributed by atoms with Crippen LogP contribution in [0.15, 0.2) is 73.1 Å². The zero-order valence-electron chi connectivity index (χ0n) is 14.9. The van der Waals surface area contributed by atoms with Gasteiger partial charge in [-0.3, -0.25) is 9.88 Å². The van der Waals surface area contributed by atoms with Gasteiger partial charge >= 0.3 is 0 Å². The van der Waals surface area contributed by atoms with Crippen LogP contribution in [0.2, 0.25) is 0 Å². The number of para-hydroxylation sites is 1. The zero-order valence-corrected chi connectivity index (χ0v) is 14.9. The molecule has 1 atom stereocenters. The maximum Gasteiger partial charge on any atom is 0.123 e. The summed E-state index contributed by atoms with van der Waals surface area (Å²) >= 11 is 0. The quantitative estimate of drug-likeness (QED) is 0.568. The number of aromatic amines is 1. The van der Waals surface area contributed by atoms with Gasteiger partial charge in [-0.05, 0) is 47.4 Å². The number of benzene rings is 2. The molecular weight excluding hydrogens is 337 g/mol. The monoisotopic (exact) mass is 357 g/mol. The topological polar surface area (TPSA) is 31.9 Å². The van der Waals surface area contributed by atoms with Gasteiger partial charge in [0.1, 0.15) is 5.82 Å². The molecule has 27 heavy (non-hydrogen) atoms. The van der Waals surface area contributed by atoms with E-state index in [1.54, 1.807) is 18.3 Å². The fraction of sp³-hybridized carbons (Fsp3) is 0.174. The van der Waals surface area contributed by atoms with E-state index in [0.717, 1.165) is 30.6 Å². The van der Waals surface area contributed by atoms with Crippen molar-refractivity contribution in [1.82, 2.24) is 14.9 Å². The SMILES string of the molecule is Fc1ccc(C2c3[nH]c4ccccc4c3CCN2Cc2cccnc2)cc1. The number of hydrogen-bond acceptors (Lipinski definition) is 2. The Hall–Kier alpha value is -2.98. The zero-order chi connectivity index (χ0) is 18.2. The van der Waals surface area contributed by atoms with Crippen LogP contribution >= 0.6 is 0 Å². The molecule has 0 fully saturated rings. The van der Waals surface area contributed by atoms with E-state index in [1.165, 1.54) is 22.2 Å². The van der Waals surface area contributed by atoms with Crippen LogP contribution in [0.25, 0.3) is 10.9 Å². The second-order valence-corrected chi connectivity index (χ2v) is 7.10. The predicted molar refractivity (Wildman–Crippen MR) is 105 cm³/mol. The molecule has 0 saturated carbocycles. The van der Waals surface area contributed by atoms with Gasteiger partial charge in [0.2, 0.25) is 0 Å². The molecule has 4 aromatic rings. The summed E-state index contributed by atoms with van der Waals surface area (Å²) in [6.07, 6.45) is 4.71. The predicted octanol–water partition coefficient (Wildman–Crippen LogP) is 4.85. The fourth-order valence-corrected chi connectivity index (χ4v) is 4.21. The summed E-state index contributed by atoms with van der Waals surface area (Å²) in [6.45, 7) is 1.76. The van der Waals surface area contributed by atoms with Gasteiger partial charge in [-0.25, -0.2) is 4.39 Å². The van der Waals surface area contributed by atoms with Crippen LogP contribution in [0, 0.1) is 5.82 Å². The van der Waals surface area contributed by atoms with E-state index < -0.39 is 0 Å². The third-order valence-electron chi connectivity index (χ3n) is 5.43. The summed E-state index contributed by atoms with van der Waals surface area (Å²) < 4.78 is 13.5. The van der Waals surface area contributed by atoms with Crippen LogP contribution in [0.4, 0.5) is 4.39 Å². The highest BCUT2D eigenvalue weighted by molar-refractivity contribution is 5.85. The van der Waals surface area contributed by atoms with Gasteiger partial charge in [-0.1, -0.05) is 36.4 Å². The first kappa shape index (κ1) is 16.2. The van der Waals surface area contributed by atoms with E-state index in [1.807, 2.05) is 24.4 Å². The van der Waals surface area contributed by atoms with E-state index in [9.17, 15) is 4.39 Å². The van der Waals surface area contributed by atoms with Crippen molar-refractivity contribution >= 4 is 10.9 Å². The number of nitrogens with one attached hydrogen (secondary N) is 1. The van der Waals surface area contributed by atoms with Gasteiger partial charge in [0.25, 0.3) is 0 Å². The summed E-state index contributed by atoms with van der Waals surface area (Å²) in [5.74, 6) is -0.203. The Labute approximate surface area is 157 Å². The molecule has 0 spiro atoms. The van der Waals surface area contributed by atoms with Crippen molar-refractivity contribution < 1.29 is 4.39 Å². The Bertz CT molecular complexity index is 1070. The van der Waals surface area contributed by atoms with E-state index in [0.29, 0.717) is 0 Å². The molecule has 0 bridgehead atoms. The molecule has 1 aliphatic rings. The minimum Gasteiger partial charge on any atom is -0.357 e. The van der Waals surface area contributed by atoms with Crippen LogP contribution in [0.1, 0.15) is 28.4 Å². The van der Waals surface area contributed by atoms with Crippen LogP contribution in [-0.4, -0.2) is 21.4 Å². The Morgan fingerprint density at radius 3 is 2.70 bits per heavy atom. The van der Waals surface area contributed by atoms with Gasteiger partial charge < -0.3 is 4.98 Å². The van der Waals surface area contributed by atoms with E-state index in [2.05, 4.69) is 45.2 Å². The van der Waals surface area contributed by atoms with Gasteiger partial charge in [0.15, 0.2) is 0 Å². The molecule has 2 aromatic heterocycles. The fourth-order valence-electron chi connectivity index (χ4n) is 4.21. The summed E-state index contributed by atoms with van der Waals surface area (Å²) in [5.41, 5.74) is 6.05. The molecule has 2 aromatic carbocycles. The van der Waals surface area contributed by atoms with Crippen molar-refractivity contribution in [2.75, 3.05) is 6.54 Å².